The van der Waals surface area contributed by atoms with Crippen LogP contribution in [0.3, 0.4) is 0 Å². The topological polar surface area (TPSA) is 131 Å². The Labute approximate surface area is 333 Å². The van der Waals surface area contributed by atoms with Crippen LogP contribution in [0.1, 0.15) is 129 Å². The van der Waals surface area contributed by atoms with Gasteiger partial charge >= 0.3 is 13.8 Å². The normalized spacial score (nSPS) is 14.5. The van der Waals surface area contributed by atoms with Gasteiger partial charge in [0.2, 0.25) is 5.91 Å². The lowest BCUT2D eigenvalue weighted by atomic mass is 10.1. The second-order valence-corrected chi connectivity index (χ2v) is 14.3. The van der Waals surface area contributed by atoms with E-state index in [4.69, 9.17) is 13.8 Å². The van der Waals surface area contributed by atoms with E-state index >= 15 is 0 Å². The lowest BCUT2D eigenvalue weighted by Gasteiger charge is -2.15. The van der Waals surface area contributed by atoms with Gasteiger partial charge in [0.25, 0.3) is 0 Å². The van der Waals surface area contributed by atoms with Gasteiger partial charge in [-0.25, -0.2) is 4.57 Å². The smallest absolute Gasteiger partial charge is 0.463 e. The van der Waals surface area contributed by atoms with Crippen LogP contribution in [0.15, 0.2) is 109 Å². The predicted octanol–water partition coefficient (Wildman–Crippen LogP) is 11.2. The molecule has 1 amide bonds. The van der Waals surface area contributed by atoms with Gasteiger partial charge < -0.3 is 20.1 Å². The van der Waals surface area contributed by atoms with Gasteiger partial charge in [0, 0.05) is 19.4 Å². The summed E-state index contributed by atoms with van der Waals surface area (Å²) in [6.45, 7) is 3.18. The second kappa shape index (κ2) is 40.3. The van der Waals surface area contributed by atoms with E-state index in [0.717, 1.165) is 96.3 Å². The van der Waals surface area contributed by atoms with Gasteiger partial charge in [-0.05, 0) is 83.5 Å². The highest BCUT2D eigenvalue weighted by atomic mass is 31.2. The second-order valence-electron chi connectivity index (χ2n) is 12.8. The Kier molecular flexibility index (Phi) is 37.9. The van der Waals surface area contributed by atoms with Gasteiger partial charge in [-0.15, -0.1) is 0 Å². The van der Waals surface area contributed by atoms with Crippen molar-refractivity contribution in [2.24, 2.45) is 0 Å². The summed E-state index contributed by atoms with van der Waals surface area (Å²) < 4.78 is 26.7. The third-order valence-corrected chi connectivity index (χ3v) is 8.70. The van der Waals surface area contributed by atoms with Crippen molar-refractivity contribution in [1.29, 1.82) is 0 Å². The summed E-state index contributed by atoms with van der Waals surface area (Å²) in [7, 11) is -4.44. The molecule has 0 aliphatic heterocycles. The number of phosphoric acid groups is 1. The number of phosphoric ester groups is 1. The Morgan fingerprint density at radius 1 is 0.564 bits per heavy atom. The molecule has 310 valence electrons. The SMILES string of the molecule is CC/C=C\C/C=C\C/C=C\C/C=C\C/C=C\C/C=C\CCC(=O)OCC(O)COP(=O)(O)OCCNC(=O)CCCCCCC/C=C\C/C=C\C/C=C\CC. The Morgan fingerprint density at radius 2 is 1.00 bits per heavy atom. The first-order valence-corrected chi connectivity index (χ1v) is 21.9. The molecule has 55 heavy (non-hydrogen) atoms. The largest absolute Gasteiger partial charge is 0.472 e. The number of ether oxygens (including phenoxy) is 1. The fourth-order valence-electron chi connectivity index (χ4n) is 4.71. The Balaban J connectivity index is 3.78. The molecule has 2 unspecified atom stereocenters. The van der Waals surface area contributed by atoms with E-state index in [-0.39, 0.29) is 32.1 Å². The number of amides is 1. The van der Waals surface area contributed by atoms with E-state index < -0.39 is 26.5 Å². The van der Waals surface area contributed by atoms with Gasteiger partial charge in [0.15, 0.2) is 0 Å². The molecule has 0 rings (SSSR count). The van der Waals surface area contributed by atoms with Crippen molar-refractivity contribution in [2.45, 2.75) is 136 Å². The zero-order chi connectivity index (χ0) is 40.3. The highest BCUT2D eigenvalue weighted by Gasteiger charge is 2.23. The predicted molar refractivity (Wildman–Crippen MR) is 228 cm³/mol. The van der Waals surface area contributed by atoms with Crippen molar-refractivity contribution in [3.8, 4) is 0 Å². The zero-order valence-electron chi connectivity index (χ0n) is 33.8. The number of hydrogen-bond donors (Lipinski definition) is 3. The summed E-state index contributed by atoms with van der Waals surface area (Å²) in [5, 5.41) is 12.6. The standard InChI is InChI=1S/C45H72NO8P/c1-3-5-7-9-11-13-15-17-19-20-21-22-24-26-28-30-32-34-36-38-45(49)52-41-43(47)42-54-55(50,51)53-40-39-46-44(48)37-35-33-31-29-27-25-23-18-16-14-12-10-8-6-4-2/h5-8,11-14,17-19,21-23,26,28,32,34,43,47H,3-4,9-10,15-16,20,24-25,27,29-31,33,35-42H2,1-2H3,(H,46,48)(H,50,51)/b7-5-,8-6-,13-11-,14-12-,19-17-,22-21-,23-18-,28-26-,34-32-. The molecule has 0 fully saturated rings. The maximum absolute atomic E-state index is 12.1. The minimum Gasteiger partial charge on any atom is -0.463 e. The van der Waals surface area contributed by atoms with E-state index in [1.807, 2.05) is 12.2 Å². The summed E-state index contributed by atoms with van der Waals surface area (Å²) >= 11 is 0. The van der Waals surface area contributed by atoms with Gasteiger partial charge in [-0.2, -0.15) is 0 Å². The molecule has 0 aromatic rings. The summed E-state index contributed by atoms with van der Waals surface area (Å²) in [6.07, 6.45) is 53.2. The van der Waals surface area contributed by atoms with Crippen LogP contribution in [0.2, 0.25) is 0 Å². The first-order chi connectivity index (χ1) is 26.8. The monoisotopic (exact) mass is 785 g/mol. The van der Waals surface area contributed by atoms with E-state index in [9.17, 15) is 24.2 Å². The summed E-state index contributed by atoms with van der Waals surface area (Å²) in [5.41, 5.74) is 0. The zero-order valence-corrected chi connectivity index (χ0v) is 34.7. The molecule has 0 heterocycles. The van der Waals surface area contributed by atoms with Crippen molar-refractivity contribution < 1.29 is 37.9 Å². The molecule has 0 radical (unpaired) electrons. The Bertz CT molecular complexity index is 1260. The number of aliphatic hydroxyl groups excluding tert-OH is 1. The number of nitrogens with one attached hydrogen (secondary N) is 1. The van der Waals surface area contributed by atoms with Gasteiger partial charge in [0.05, 0.1) is 13.2 Å². The van der Waals surface area contributed by atoms with Crippen molar-refractivity contribution in [3.05, 3.63) is 109 Å². The number of aliphatic hydroxyl groups is 1. The third-order valence-electron chi connectivity index (χ3n) is 7.71. The lowest BCUT2D eigenvalue weighted by Crippen LogP contribution is -2.27. The summed E-state index contributed by atoms with van der Waals surface area (Å²) in [5.74, 6) is -0.632. The maximum Gasteiger partial charge on any atom is 0.472 e. The van der Waals surface area contributed by atoms with Gasteiger partial charge in [-0.3, -0.25) is 18.6 Å². The van der Waals surface area contributed by atoms with E-state index in [0.29, 0.717) is 12.8 Å². The molecule has 0 aliphatic carbocycles. The van der Waals surface area contributed by atoms with Crippen molar-refractivity contribution >= 4 is 19.7 Å². The number of rotatable bonds is 36. The number of hydrogen-bond acceptors (Lipinski definition) is 7. The van der Waals surface area contributed by atoms with Crippen LogP contribution in [-0.4, -0.2) is 54.3 Å². The van der Waals surface area contributed by atoms with Crippen molar-refractivity contribution in [1.82, 2.24) is 5.32 Å². The van der Waals surface area contributed by atoms with E-state index in [1.54, 1.807) is 0 Å². The molecule has 0 saturated heterocycles. The highest BCUT2D eigenvalue weighted by molar-refractivity contribution is 7.47. The van der Waals surface area contributed by atoms with Crippen LogP contribution in [0.5, 0.6) is 0 Å². The number of carbonyl (C=O) groups excluding carboxylic acids is 2. The number of allylic oxidation sites excluding steroid dienone is 18. The molecular formula is C45H72NO8P. The molecule has 3 N–H and O–H groups in total. The molecule has 10 heteroatoms. The molecule has 0 aliphatic rings. The maximum atomic E-state index is 12.1. The average Bonchev–Trinajstić information content (AvgIpc) is 3.17. The third kappa shape index (κ3) is 41.7. The van der Waals surface area contributed by atoms with Crippen molar-refractivity contribution in [2.75, 3.05) is 26.4 Å². The van der Waals surface area contributed by atoms with Crippen LogP contribution >= 0.6 is 7.82 Å². The highest BCUT2D eigenvalue weighted by Crippen LogP contribution is 2.42. The average molecular weight is 786 g/mol. The minimum absolute atomic E-state index is 0.0562. The Morgan fingerprint density at radius 3 is 1.51 bits per heavy atom. The molecule has 9 nitrogen and oxygen atoms in total. The quantitative estimate of drug-likeness (QED) is 0.0248. The molecule has 2 atom stereocenters. The summed E-state index contributed by atoms with van der Waals surface area (Å²) in [4.78, 5) is 33.8. The first kappa shape index (κ1) is 51.7. The number of unbranched alkanes of at least 4 members (excludes halogenated alkanes) is 5. The lowest BCUT2D eigenvalue weighted by molar-refractivity contribution is -0.147. The van der Waals surface area contributed by atoms with Crippen molar-refractivity contribution in [3.63, 3.8) is 0 Å². The van der Waals surface area contributed by atoms with Gasteiger partial charge in [0.1, 0.15) is 12.7 Å². The molecule has 0 saturated carbocycles. The van der Waals surface area contributed by atoms with E-state index in [2.05, 4.69) is 116 Å². The van der Waals surface area contributed by atoms with Crippen LogP contribution in [0.4, 0.5) is 0 Å². The molecule has 0 aromatic carbocycles. The van der Waals surface area contributed by atoms with Crippen LogP contribution in [-0.2, 0) is 27.9 Å². The number of esters is 1. The van der Waals surface area contributed by atoms with Gasteiger partial charge in [-0.1, -0.05) is 142 Å². The fraction of sp³-hybridized carbons (Fsp3) is 0.556. The molecule has 0 aromatic heterocycles. The number of carbonyl (C=O) groups is 2. The fourth-order valence-corrected chi connectivity index (χ4v) is 5.47. The molecule has 0 spiro atoms. The first-order valence-electron chi connectivity index (χ1n) is 20.4. The van der Waals surface area contributed by atoms with Crippen LogP contribution < -0.4 is 5.32 Å². The van der Waals surface area contributed by atoms with Crippen LogP contribution in [0, 0.1) is 0 Å². The van der Waals surface area contributed by atoms with E-state index in [1.165, 1.54) is 0 Å². The molecular weight excluding hydrogens is 713 g/mol. The summed E-state index contributed by atoms with van der Waals surface area (Å²) in [6, 6.07) is 0. The Hall–Kier alpha value is -3.33. The minimum atomic E-state index is -4.44. The van der Waals surface area contributed by atoms with Crippen LogP contribution in [0.25, 0.3) is 0 Å². The molecule has 0 bridgehead atoms.